The van der Waals surface area contributed by atoms with Crippen LogP contribution >= 0.6 is 0 Å². The molecule has 2 heterocycles. The Bertz CT molecular complexity index is 750. The van der Waals surface area contributed by atoms with Crippen LogP contribution < -0.4 is 15.6 Å². The monoisotopic (exact) mass is 260 g/mol. The number of carbonyl (C=O) groups excluding carboxylic acids is 1. The van der Waals surface area contributed by atoms with E-state index in [9.17, 15) is 19.8 Å². The zero-order valence-electron chi connectivity index (χ0n) is 9.43. The molecule has 3 rings (SSSR count). The molecule has 4 N–H and O–H groups in total. The highest BCUT2D eigenvalue weighted by molar-refractivity contribution is 6.05. The molecule has 0 saturated carbocycles. The van der Waals surface area contributed by atoms with Gasteiger partial charge in [-0.2, -0.15) is 0 Å². The first-order valence-corrected chi connectivity index (χ1v) is 5.34. The molecule has 0 unspecified atom stereocenters. The van der Waals surface area contributed by atoms with Crippen molar-refractivity contribution in [2.45, 2.75) is 0 Å². The largest absolute Gasteiger partial charge is 0.504 e. The van der Waals surface area contributed by atoms with E-state index < -0.39 is 11.5 Å². The third kappa shape index (κ3) is 1.77. The molecule has 96 valence electrons. The van der Waals surface area contributed by atoms with Crippen molar-refractivity contribution in [2.24, 2.45) is 0 Å². The number of benzene rings is 1. The van der Waals surface area contributed by atoms with Crippen molar-refractivity contribution in [1.29, 1.82) is 0 Å². The van der Waals surface area contributed by atoms with Gasteiger partial charge in [0.2, 0.25) is 11.5 Å². The second-order valence-electron chi connectivity index (χ2n) is 3.92. The van der Waals surface area contributed by atoms with Crippen LogP contribution in [-0.4, -0.2) is 21.1 Å². The van der Waals surface area contributed by atoms with Gasteiger partial charge in [-0.1, -0.05) is 0 Å². The number of fused-ring (bicyclic) bond motifs is 1. The van der Waals surface area contributed by atoms with Crippen LogP contribution in [0.1, 0.15) is 10.4 Å². The van der Waals surface area contributed by atoms with Gasteiger partial charge < -0.3 is 25.3 Å². The number of aromatic amines is 1. The van der Waals surface area contributed by atoms with Crippen LogP contribution in [-0.2, 0) is 0 Å². The first-order chi connectivity index (χ1) is 9.08. The van der Waals surface area contributed by atoms with Crippen molar-refractivity contribution in [2.75, 3.05) is 5.32 Å². The van der Waals surface area contributed by atoms with Gasteiger partial charge >= 0.3 is 0 Å². The van der Waals surface area contributed by atoms with E-state index >= 15 is 0 Å². The summed E-state index contributed by atoms with van der Waals surface area (Å²) in [6, 6.07) is 4.00. The first kappa shape index (κ1) is 11.1. The van der Waals surface area contributed by atoms with Crippen LogP contribution in [0.15, 0.2) is 29.2 Å². The molecule has 7 heteroatoms. The second-order valence-corrected chi connectivity index (χ2v) is 3.92. The Balaban J connectivity index is 1.93. The predicted octanol–water partition coefficient (Wildman–Crippen LogP) is 1.14. The summed E-state index contributed by atoms with van der Waals surface area (Å²) >= 11 is 0. The van der Waals surface area contributed by atoms with Gasteiger partial charge in [0, 0.05) is 12.3 Å². The molecule has 1 aromatic carbocycles. The third-order valence-electron chi connectivity index (χ3n) is 2.66. The van der Waals surface area contributed by atoms with E-state index in [0.29, 0.717) is 0 Å². The van der Waals surface area contributed by atoms with E-state index in [1.807, 2.05) is 0 Å². The summed E-state index contributed by atoms with van der Waals surface area (Å²) in [5.74, 6) is -0.860. The minimum absolute atomic E-state index is 0.0259. The Labute approximate surface area is 106 Å². The number of nitrogens with one attached hydrogen (secondary N) is 2. The first-order valence-electron chi connectivity index (χ1n) is 5.34. The van der Waals surface area contributed by atoms with Gasteiger partial charge in [-0.25, -0.2) is 0 Å². The Kier molecular flexibility index (Phi) is 2.21. The van der Waals surface area contributed by atoms with E-state index in [1.54, 1.807) is 0 Å². The number of aromatic nitrogens is 1. The Morgan fingerprint density at radius 1 is 1.32 bits per heavy atom. The number of carbonyl (C=O) groups is 1. The number of anilines is 1. The van der Waals surface area contributed by atoms with Crippen LogP contribution in [0, 0.1) is 0 Å². The van der Waals surface area contributed by atoms with E-state index in [-0.39, 0.29) is 34.2 Å². The summed E-state index contributed by atoms with van der Waals surface area (Å²) in [7, 11) is 0. The molecule has 0 aliphatic carbocycles. The molecule has 19 heavy (non-hydrogen) atoms. The SMILES string of the molecule is O=C(Nc1cc(O)c2c(c1O)O2)c1ccc[nH]c1=O. The molecule has 2 aromatic rings. The van der Waals surface area contributed by atoms with Crippen molar-refractivity contribution >= 4 is 11.6 Å². The van der Waals surface area contributed by atoms with Crippen LogP contribution in [0.5, 0.6) is 23.0 Å². The van der Waals surface area contributed by atoms with Crippen LogP contribution in [0.4, 0.5) is 5.69 Å². The van der Waals surface area contributed by atoms with Crippen LogP contribution in [0.2, 0.25) is 0 Å². The zero-order valence-corrected chi connectivity index (χ0v) is 9.43. The molecule has 0 bridgehead atoms. The smallest absolute Gasteiger partial charge is 0.261 e. The maximum absolute atomic E-state index is 11.9. The molecule has 1 amide bonds. The summed E-state index contributed by atoms with van der Waals surface area (Å²) in [5.41, 5.74) is -0.680. The summed E-state index contributed by atoms with van der Waals surface area (Å²) in [5, 5.41) is 21.5. The average Bonchev–Trinajstić information content (AvgIpc) is 3.17. The lowest BCUT2D eigenvalue weighted by Crippen LogP contribution is -2.22. The standard InChI is InChI=1S/C12H8N2O5/c15-7-4-6(8(16)10-9(7)19-10)14-12(18)5-2-1-3-13-11(5)17/h1-4,15-16H,(H,13,17)(H,14,18). The summed E-state index contributed by atoms with van der Waals surface area (Å²) in [6.07, 6.45) is 1.40. The molecular weight excluding hydrogens is 252 g/mol. The molecule has 0 atom stereocenters. The van der Waals surface area contributed by atoms with E-state index in [4.69, 9.17) is 4.74 Å². The van der Waals surface area contributed by atoms with E-state index in [0.717, 1.165) is 6.07 Å². The molecule has 0 spiro atoms. The molecule has 1 aromatic heterocycles. The minimum atomic E-state index is -0.697. The van der Waals surface area contributed by atoms with Crippen molar-refractivity contribution < 1.29 is 19.7 Å². The molecule has 1 aliphatic rings. The number of H-pyrrole nitrogens is 1. The number of amides is 1. The minimum Gasteiger partial charge on any atom is -0.504 e. The lowest BCUT2D eigenvalue weighted by molar-refractivity contribution is 0.102. The topological polar surface area (TPSA) is 115 Å². The van der Waals surface area contributed by atoms with E-state index in [1.165, 1.54) is 18.3 Å². The number of phenols is 2. The van der Waals surface area contributed by atoms with Gasteiger partial charge in [-0.15, -0.1) is 0 Å². The number of pyridine rings is 1. The van der Waals surface area contributed by atoms with Gasteiger partial charge in [0.25, 0.3) is 11.5 Å². The quantitative estimate of drug-likeness (QED) is 0.313. The lowest BCUT2D eigenvalue weighted by Gasteiger charge is -2.05. The Morgan fingerprint density at radius 2 is 2.11 bits per heavy atom. The molecule has 1 aliphatic heterocycles. The molecule has 0 radical (unpaired) electrons. The fourth-order valence-electron chi connectivity index (χ4n) is 1.68. The number of aromatic hydroxyl groups is 2. The van der Waals surface area contributed by atoms with Crippen LogP contribution in [0.3, 0.4) is 0 Å². The number of ether oxygens (including phenoxy) is 1. The Hall–Kier alpha value is -2.96. The van der Waals surface area contributed by atoms with E-state index in [2.05, 4.69) is 10.3 Å². The molecular formula is C12H8N2O5. The highest BCUT2D eigenvalue weighted by atomic mass is 16.6. The number of hydrogen-bond donors (Lipinski definition) is 4. The highest BCUT2D eigenvalue weighted by Gasteiger charge is 2.32. The van der Waals surface area contributed by atoms with Crippen molar-refractivity contribution in [3.63, 3.8) is 0 Å². The Morgan fingerprint density at radius 3 is 2.84 bits per heavy atom. The number of phenolic OH excluding ortho intramolecular Hbond substituents is 2. The maximum Gasteiger partial charge on any atom is 0.261 e. The summed E-state index contributed by atoms with van der Waals surface area (Å²) < 4.78 is 4.83. The van der Waals surface area contributed by atoms with Gasteiger partial charge in [0.15, 0.2) is 11.5 Å². The third-order valence-corrected chi connectivity index (χ3v) is 2.66. The van der Waals surface area contributed by atoms with Crippen molar-refractivity contribution in [3.8, 4) is 23.0 Å². The highest BCUT2D eigenvalue weighted by Crippen LogP contribution is 2.60. The molecule has 0 saturated heterocycles. The second kappa shape index (κ2) is 3.77. The fraction of sp³-hybridized carbons (Fsp3) is 0. The van der Waals surface area contributed by atoms with Gasteiger partial charge in [-0.3, -0.25) is 9.59 Å². The average molecular weight is 260 g/mol. The van der Waals surface area contributed by atoms with Crippen molar-refractivity contribution in [3.05, 3.63) is 40.3 Å². The number of hydrogen-bond acceptors (Lipinski definition) is 5. The van der Waals surface area contributed by atoms with Crippen molar-refractivity contribution in [1.82, 2.24) is 4.98 Å². The summed E-state index contributed by atoms with van der Waals surface area (Å²) in [6.45, 7) is 0. The molecule has 0 fully saturated rings. The normalized spacial score (nSPS) is 11.4. The predicted molar refractivity (Wildman–Crippen MR) is 64.9 cm³/mol. The lowest BCUT2D eigenvalue weighted by atomic mass is 10.2. The van der Waals surface area contributed by atoms with Crippen LogP contribution in [0.25, 0.3) is 0 Å². The van der Waals surface area contributed by atoms with Gasteiger partial charge in [0.1, 0.15) is 5.56 Å². The fourth-order valence-corrected chi connectivity index (χ4v) is 1.68. The maximum atomic E-state index is 11.9. The van der Waals surface area contributed by atoms with Gasteiger partial charge in [0.05, 0.1) is 5.69 Å². The molecule has 7 nitrogen and oxygen atoms in total. The number of rotatable bonds is 2. The summed E-state index contributed by atoms with van der Waals surface area (Å²) in [4.78, 5) is 25.7. The van der Waals surface area contributed by atoms with Gasteiger partial charge in [-0.05, 0) is 12.1 Å². The zero-order chi connectivity index (χ0) is 13.6.